The van der Waals surface area contributed by atoms with Gasteiger partial charge >= 0.3 is 5.97 Å². The molecule has 29 heavy (non-hydrogen) atoms. The summed E-state index contributed by atoms with van der Waals surface area (Å²) in [5.41, 5.74) is 0.661. The molecule has 5 rings (SSSR count). The van der Waals surface area contributed by atoms with Crippen LogP contribution in [0, 0.1) is 52.3 Å². The van der Waals surface area contributed by atoms with E-state index in [4.69, 9.17) is 5.11 Å². The molecule has 0 aromatic carbocycles. The molecule has 0 aromatic rings. The Morgan fingerprint density at radius 3 is 2.55 bits per heavy atom. The van der Waals surface area contributed by atoms with E-state index in [1.807, 2.05) is 0 Å². The molecule has 0 radical (unpaired) electrons. The maximum Gasteiger partial charge on any atom is 0.303 e. The second-order valence-corrected chi connectivity index (χ2v) is 12.0. The Morgan fingerprint density at radius 2 is 1.79 bits per heavy atom. The Morgan fingerprint density at radius 1 is 1.00 bits per heavy atom. The van der Waals surface area contributed by atoms with Crippen molar-refractivity contribution in [3.63, 3.8) is 0 Å². The lowest BCUT2D eigenvalue weighted by molar-refractivity contribution is -0.137. The highest BCUT2D eigenvalue weighted by Gasteiger charge is 2.69. The molecule has 5 aliphatic carbocycles. The van der Waals surface area contributed by atoms with Crippen LogP contribution in [0.5, 0.6) is 0 Å². The summed E-state index contributed by atoms with van der Waals surface area (Å²) in [6, 6.07) is 0. The van der Waals surface area contributed by atoms with Crippen LogP contribution < -0.4 is 0 Å². The van der Waals surface area contributed by atoms with Crippen molar-refractivity contribution in [3.05, 3.63) is 0 Å². The predicted molar refractivity (Wildman–Crippen MR) is 111 cm³/mol. The smallest absolute Gasteiger partial charge is 0.303 e. The SMILES string of the molecule is C[C@H](CCC(=O)O)[C@H]1CC[C@H]2[C@@H]3C[C@H](O)[C@@H]4C[C@H](O)CC[C@@]45CC5[C@H]3CC[C@]12C. The first-order valence-corrected chi connectivity index (χ1v) is 12.3. The van der Waals surface area contributed by atoms with Gasteiger partial charge in [-0.3, -0.25) is 4.79 Å². The van der Waals surface area contributed by atoms with Crippen molar-refractivity contribution in [2.24, 2.45) is 52.3 Å². The van der Waals surface area contributed by atoms with E-state index in [1.54, 1.807) is 0 Å². The number of carboxylic acid groups (broad SMARTS) is 1. The summed E-state index contributed by atoms with van der Waals surface area (Å²) in [5, 5.41) is 30.7. The van der Waals surface area contributed by atoms with E-state index in [-0.39, 0.29) is 18.6 Å². The number of rotatable bonds is 4. The summed E-state index contributed by atoms with van der Waals surface area (Å²) >= 11 is 0. The fraction of sp³-hybridized carbons (Fsp3) is 0.960. The van der Waals surface area contributed by atoms with Gasteiger partial charge in [-0.25, -0.2) is 0 Å². The topological polar surface area (TPSA) is 77.8 Å². The number of carbonyl (C=O) groups is 1. The molecule has 4 heteroatoms. The molecule has 0 aromatic heterocycles. The molecule has 3 N–H and O–H groups in total. The lowest BCUT2D eigenvalue weighted by Gasteiger charge is -2.50. The highest BCUT2D eigenvalue weighted by Crippen LogP contribution is 2.74. The minimum absolute atomic E-state index is 0.210. The number of hydrogen-bond donors (Lipinski definition) is 3. The predicted octanol–water partition coefficient (Wildman–Crippen LogP) is 4.48. The van der Waals surface area contributed by atoms with Crippen LogP contribution in [-0.4, -0.2) is 33.5 Å². The molecular formula is C25H40O4. The Balaban J connectivity index is 1.37. The first-order chi connectivity index (χ1) is 13.8. The first-order valence-electron chi connectivity index (χ1n) is 12.3. The zero-order chi connectivity index (χ0) is 20.6. The average Bonchev–Trinajstić information content (AvgIpc) is 3.28. The summed E-state index contributed by atoms with van der Waals surface area (Å²) in [6.07, 6.45) is 10.8. The average molecular weight is 405 g/mol. The van der Waals surface area contributed by atoms with Gasteiger partial charge in [0.1, 0.15) is 0 Å². The van der Waals surface area contributed by atoms with Crippen LogP contribution in [0.25, 0.3) is 0 Å². The molecule has 1 unspecified atom stereocenters. The van der Waals surface area contributed by atoms with Crippen LogP contribution in [0.1, 0.15) is 84.5 Å². The number of carboxylic acids is 1. The van der Waals surface area contributed by atoms with Crippen molar-refractivity contribution in [1.29, 1.82) is 0 Å². The largest absolute Gasteiger partial charge is 0.481 e. The number of fused-ring (bicyclic) bond motifs is 4. The highest BCUT2D eigenvalue weighted by molar-refractivity contribution is 5.66. The van der Waals surface area contributed by atoms with E-state index in [1.165, 1.54) is 32.1 Å². The summed E-state index contributed by atoms with van der Waals surface area (Å²) in [5.74, 6) is 3.63. The van der Waals surface area contributed by atoms with Crippen molar-refractivity contribution in [2.45, 2.75) is 96.7 Å². The Labute approximate surface area is 175 Å². The number of aliphatic hydroxyl groups excluding tert-OH is 2. The van der Waals surface area contributed by atoms with Gasteiger partial charge in [0, 0.05) is 6.42 Å². The Bertz CT molecular complexity index is 663. The molecule has 0 amide bonds. The maximum absolute atomic E-state index is 11.3. The molecule has 4 nitrogen and oxygen atoms in total. The van der Waals surface area contributed by atoms with Crippen LogP contribution >= 0.6 is 0 Å². The standard InChI is InChI=1S/C25H40O4/c1-14(3-6-23(28)29)18-4-5-19-17-12-22(27)20-11-15(26)7-10-25(20)13-21(25)16(17)8-9-24(18,19)2/h14-22,26-27H,3-13H2,1-2H3,(H,28,29)/t14-,15-,16+,17-,18-,19+,20+,21?,22+,24-,25-/m1/s1. The van der Waals surface area contributed by atoms with E-state index in [2.05, 4.69) is 13.8 Å². The van der Waals surface area contributed by atoms with Gasteiger partial charge in [0.15, 0.2) is 0 Å². The third kappa shape index (κ3) is 3.03. The molecule has 164 valence electrons. The lowest BCUT2D eigenvalue weighted by atomic mass is 9.55. The third-order valence-electron chi connectivity index (χ3n) is 10.9. The molecule has 0 bridgehead atoms. The zero-order valence-electron chi connectivity index (χ0n) is 18.2. The van der Waals surface area contributed by atoms with Gasteiger partial charge in [0.2, 0.25) is 0 Å². The quantitative estimate of drug-likeness (QED) is 0.646. The highest BCUT2D eigenvalue weighted by atomic mass is 16.4. The van der Waals surface area contributed by atoms with Crippen molar-refractivity contribution in [2.75, 3.05) is 0 Å². The van der Waals surface area contributed by atoms with Crippen LogP contribution in [0.2, 0.25) is 0 Å². The normalized spacial score (nSPS) is 54.3. The summed E-state index contributed by atoms with van der Waals surface area (Å²) in [7, 11) is 0. The van der Waals surface area contributed by atoms with Gasteiger partial charge in [-0.05, 0) is 116 Å². The van der Waals surface area contributed by atoms with E-state index in [0.717, 1.165) is 43.9 Å². The number of aliphatic carboxylic acids is 1. The van der Waals surface area contributed by atoms with Gasteiger partial charge in [-0.1, -0.05) is 13.8 Å². The molecule has 5 aliphatic rings. The van der Waals surface area contributed by atoms with Gasteiger partial charge in [0.25, 0.3) is 0 Å². The van der Waals surface area contributed by atoms with E-state index >= 15 is 0 Å². The summed E-state index contributed by atoms with van der Waals surface area (Å²) < 4.78 is 0. The van der Waals surface area contributed by atoms with Crippen LogP contribution in [-0.2, 0) is 4.79 Å². The van der Waals surface area contributed by atoms with E-state index < -0.39 is 5.97 Å². The Kier molecular flexibility index (Phi) is 4.87. The number of aliphatic hydroxyl groups is 2. The minimum atomic E-state index is -0.670. The van der Waals surface area contributed by atoms with Crippen molar-refractivity contribution < 1.29 is 20.1 Å². The van der Waals surface area contributed by atoms with Crippen molar-refractivity contribution >= 4 is 5.97 Å². The maximum atomic E-state index is 11.3. The first kappa shape index (κ1) is 20.3. The van der Waals surface area contributed by atoms with E-state index in [9.17, 15) is 15.0 Å². The van der Waals surface area contributed by atoms with Crippen LogP contribution in [0.3, 0.4) is 0 Å². The fourth-order valence-electron chi connectivity index (χ4n) is 9.57. The zero-order valence-corrected chi connectivity index (χ0v) is 18.2. The summed E-state index contributed by atoms with van der Waals surface area (Å²) in [6.45, 7) is 4.78. The van der Waals surface area contributed by atoms with Gasteiger partial charge in [-0.2, -0.15) is 0 Å². The van der Waals surface area contributed by atoms with Gasteiger partial charge < -0.3 is 15.3 Å². The second-order valence-electron chi connectivity index (χ2n) is 12.0. The molecule has 0 heterocycles. The van der Waals surface area contributed by atoms with E-state index in [0.29, 0.717) is 40.4 Å². The molecule has 11 atom stereocenters. The van der Waals surface area contributed by atoms with Gasteiger partial charge in [0.05, 0.1) is 12.2 Å². The van der Waals surface area contributed by atoms with Gasteiger partial charge in [-0.15, -0.1) is 0 Å². The van der Waals surface area contributed by atoms with Crippen LogP contribution in [0.4, 0.5) is 0 Å². The number of hydrogen-bond acceptors (Lipinski definition) is 3. The molecule has 5 saturated carbocycles. The molecular weight excluding hydrogens is 364 g/mol. The monoisotopic (exact) mass is 404 g/mol. The minimum Gasteiger partial charge on any atom is -0.481 e. The van der Waals surface area contributed by atoms with Crippen molar-refractivity contribution in [1.82, 2.24) is 0 Å². The van der Waals surface area contributed by atoms with Crippen LogP contribution in [0.15, 0.2) is 0 Å². The summed E-state index contributed by atoms with van der Waals surface area (Å²) in [4.78, 5) is 11.1. The lowest BCUT2D eigenvalue weighted by Crippen LogP contribution is -2.44. The Hall–Kier alpha value is -0.610. The fourth-order valence-corrected chi connectivity index (χ4v) is 9.57. The molecule has 0 aliphatic heterocycles. The molecule has 1 spiro atoms. The van der Waals surface area contributed by atoms with Crippen molar-refractivity contribution in [3.8, 4) is 0 Å². The molecule has 5 fully saturated rings. The third-order valence-corrected chi connectivity index (χ3v) is 10.9. The molecule has 0 saturated heterocycles. The second kappa shape index (κ2) is 6.95.